The van der Waals surface area contributed by atoms with Gasteiger partial charge in [-0.15, -0.1) is 0 Å². The van der Waals surface area contributed by atoms with Crippen molar-refractivity contribution in [3.05, 3.63) is 29.8 Å². The van der Waals surface area contributed by atoms with E-state index in [-0.39, 0.29) is 0 Å². The van der Waals surface area contributed by atoms with E-state index < -0.39 is 0 Å². The number of hydrogen-bond acceptors (Lipinski definition) is 3. The molecular weight excluding hydrogens is 278 g/mol. The molecule has 0 bridgehead atoms. The van der Waals surface area contributed by atoms with E-state index in [9.17, 15) is 0 Å². The molecule has 0 amide bonds. The third-order valence-corrected chi connectivity index (χ3v) is 4.17. The number of ether oxygens (including phenoxy) is 1. The molecule has 0 fully saturated rings. The lowest BCUT2D eigenvalue weighted by Gasteiger charge is -2.08. The van der Waals surface area contributed by atoms with Crippen LogP contribution in [0.3, 0.4) is 0 Å². The molecule has 1 aromatic rings. The van der Waals surface area contributed by atoms with Crippen LogP contribution in [0.1, 0.15) is 51.0 Å². The van der Waals surface area contributed by atoms with Crippen molar-refractivity contribution >= 4 is 11.8 Å². The normalized spacial score (nSPS) is 10.8. The van der Waals surface area contributed by atoms with Crippen LogP contribution in [0.15, 0.2) is 24.3 Å². The Morgan fingerprint density at radius 2 is 1.81 bits per heavy atom. The molecule has 0 aliphatic rings. The van der Waals surface area contributed by atoms with Crippen LogP contribution < -0.4 is 10.1 Å². The zero-order chi connectivity index (χ0) is 15.2. The van der Waals surface area contributed by atoms with Gasteiger partial charge in [-0.05, 0) is 55.5 Å². The van der Waals surface area contributed by atoms with Gasteiger partial charge in [-0.25, -0.2) is 0 Å². The van der Waals surface area contributed by atoms with E-state index in [1.165, 1.54) is 43.4 Å². The van der Waals surface area contributed by atoms with Crippen LogP contribution in [0.4, 0.5) is 0 Å². The fourth-order valence-corrected chi connectivity index (χ4v) is 2.64. The number of rotatable bonds is 13. The van der Waals surface area contributed by atoms with Gasteiger partial charge in [0.05, 0.1) is 6.61 Å². The molecule has 0 saturated heterocycles. The van der Waals surface area contributed by atoms with E-state index in [2.05, 4.69) is 42.8 Å². The first kappa shape index (κ1) is 18.4. The van der Waals surface area contributed by atoms with Crippen molar-refractivity contribution in [1.82, 2.24) is 5.32 Å². The van der Waals surface area contributed by atoms with Gasteiger partial charge < -0.3 is 10.1 Å². The van der Waals surface area contributed by atoms with E-state index in [1.54, 1.807) is 0 Å². The minimum absolute atomic E-state index is 0.835. The molecule has 1 N–H and O–H groups in total. The first-order chi connectivity index (χ1) is 10.4. The van der Waals surface area contributed by atoms with Crippen molar-refractivity contribution in [2.45, 2.75) is 52.0 Å². The number of nitrogens with one attached hydrogen (secondary N) is 1. The average Bonchev–Trinajstić information content (AvgIpc) is 2.52. The highest BCUT2D eigenvalue weighted by Crippen LogP contribution is 2.13. The quantitative estimate of drug-likeness (QED) is 0.525. The second-order valence-electron chi connectivity index (χ2n) is 5.43. The Labute approximate surface area is 135 Å². The lowest BCUT2D eigenvalue weighted by atomic mass is 10.2. The topological polar surface area (TPSA) is 21.3 Å². The maximum atomic E-state index is 5.72. The largest absolute Gasteiger partial charge is 0.494 e. The Kier molecular flexibility index (Phi) is 11.4. The number of benzene rings is 1. The van der Waals surface area contributed by atoms with Crippen molar-refractivity contribution in [3.8, 4) is 5.75 Å². The van der Waals surface area contributed by atoms with Crippen LogP contribution >= 0.6 is 11.8 Å². The average molecular weight is 310 g/mol. The minimum atomic E-state index is 0.835. The van der Waals surface area contributed by atoms with E-state index in [4.69, 9.17) is 4.74 Å². The van der Waals surface area contributed by atoms with Crippen LogP contribution in [-0.2, 0) is 6.54 Å². The van der Waals surface area contributed by atoms with Crippen LogP contribution in [0.2, 0.25) is 0 Å². The highest BCUT2D eigenvalue weighted by atomic mass is 32.2. The Bertz CT molecular complexity index is 340. The molecule has 0 heterocycles. The SMILES string of the molecule is CCCCCOc1ccc(CNCCCCCSC)cc1. The first-order valence-corrected chi connectivity index (χ1v) is 9.67. The molecule has 2 nitrogen and oxygen atoms in total. The lowest BCUT2D eigenvalue weighted by molar-refractivity contribution is 0.306. The van der Waals surface area contributed by atoms with Gasteiger partial charge in [-0.1, -0.05) is 38.3 Å². The second-order valence-corrected chi connectivity index (χ2v) is 6.42. The molecule has 3 heteroatoms. The van der Waals surface area contributed by atoms with Gasteiger partial charge in [0, 0.05) is 6.54 Å². The summed E-state index contributed by atoms with van der Waals surface area (Å²) in [5, 5.41) is 3.51. The fourth-order valence-electron chi connectivity index (χ4n) is 2.15. The highest BCUT2D eigenvalue weighted by Gasteiger charge is 1.96. The third-order valence-electron chi connectivity index (χ3n) is 3.47. The lowest BCUT2D eigenvalue weighted by Crippen LogP contribution is -2.14. The predicted molar refractivity (Wildman–Crippen MR) is 95.4 cm³/mol. The van der Waals surface area contributed by atoms with Gasteiger partial charge in [0.2, 0.25) is 0 Å². The fraction of sp³-hybridized carbons (Fsp3) is 0.667. The Morgan fingerprint density at radius 3 is 2.52 bits per heavy atom. The first-order valence-electron chi connectivity index (χ1n) is 8.28. The molecule has 0 aliphatic heterocycles. The Balaban J connectivity index is 2.07. The zero-order valence-corrected chi connectivity index (χ0v) is 14.5. The summed E-state index contributed by atoms with van der Waals surface area (Å²) in [4.78, 5) is 0. The summed E-state index contributed by atoms with van der Waals surface area (Å²) < 4.78 is 5.72. The summed E-state index contributed by atoms with van der Waals surface area (Å²) in [6.07, 6.45) is 9.76. The van der Waals surface area contributed by atoms with Gasteiger partial charge in [0.25, 0.3) is 0 Å². The number of thioether (sulfide) groups is 1. The van der Waals surface area contributed by atoms with Crippen LogP contribution in [0, 0.1) is 0 Å². The van der Waals surface area contributed by atoms with Gasteiger partial charge in [-0.3, -0.25) is 0 Å². The third kappa shape index (κ3) is 9.81. The monoisotopic (exact) mass is 309 g/mol. The zero-order valence-electron chi connectivity index (χ0n) is 13.7. The Hall–Kier alpha value is -0.670. The van der Waals surface area contributed by atoms with Crippen LogP contribution in [0.5, 0.6) is 5.75 Å². The number of hydrogen-bond donors (Lipinski definition) is 1. The van der Waals surface area contributed by atoms with Gasteiger partial charge in [0.1, 0.15) is 5.75 Å². The summed E-state index contributed by atoms with van der Waals surface area (Å²) in [5.41, 5.74) is 1.33. The molecule has 0 spiro atoms. The van der Waals surface area contributed by atoms with Crippen molar-refractivity contribution < 1.29 is 4.74 Å². The van der Waals surface area contributed by atoms with Crippen molar-refractivity contribution in [3.63, 3.8) is 0 Å². The smallest absolute Gasteiger partial charge is 0.119 e. The van der Waals surface area contributed by atoms with Crippen molar-refractivity contribution in [2.75, 3.05) is 25.2 Å². The minimum Gasteiger partial charge on any atom is -0.494 e. The molecule has 1 aromatic carbocycles. The molecule has 0 saturated carbocycles. The number of unbranched alkanes of at least 4 members (excludes halogenated alkanes) is 4. The maximum Gasteiger partial charge on any atom is 0.119 e. The second kappa shape index (κ2) is 13.0. The van der Waals surface area contributed by atoms with E-state index in [0.717, 1.165) is 31.9 Å². The molecule has 0 radical (unpaired) electrons. The molecule has 0 unspecified atom stereocenters. The highest BCUT2D eigenvalue weighted by molar-refractivity contribution is 7.98. The molecule has 0 aliphatic carbocycles. The summed E-state index contributed by atoms with van der Waals surface area (Å²) in [5.74, 6) is 2.28. The summed E-state index contributed by atoms with van der Waals surface area (Å²) in [6, 6.07) is 8.49. The Morgan fingerprint density at radius 1 is 1.00 bits per heavy atom. The molecule has 0 atom stereocenters. The van der Waals surface area contributed by atoms with Gasteiger partial charge >= 0.3 is 0 Å². The summed E-state index contributed by atoms with van der Waals surface area (Å²) >= 11 is 1.94. The van der Waals surface area contributed by atoms with E-state index in [1.807, 2.05) is 11.8 Å². The van der Waals surface area contributed by atoms with E-state index >= 15 is 0 Å². The molecule has 21 heavy (non-hydrogen) atoms. The van der Waals surface area contributed by atoms with Crippen molar-refractivity contribution in [1.29, 1.82) is 0 Å². The van der Waals surface area contributed by atoms with Gasteiger partial charge in [0.15, 0.2) is 0 Å². The standard InChI is InChI=1S/C18H31NOS/c1-3-4-7-14-20-18-11-9-17(10-12-18)16-19-13-6-5-8-15-21-2/h9-12,19H,3-8,13-16H2,1-2H3. The van der Waals surface area contributed by atoms with Gasteiger partial charge in [-0.2, -0.15) is 11.8 Å². The summed E-state index contributed by atoms with van der Waals surface area (Å²) in [6.45, 7) is 5.12. The molecular formula is C18H31NOS. The van der Waals surface area contributed by atoms with Crippen LogP contribution in [0.25, 0.3) is 0 Å². The molecule has 120 valence electrons. The maximum absolute atomic E-state index is 5.72. The van der Waals surface area contributed by atoms with Crippen molar-refractivity contribution in [2.24, 2.45) is 0 Å². The molecule has 1 rings (SSSR count). The van der Waals surface area contributed by atoms with Crippen LogP contribution in [-0.4, -0.2) is 25.2 Å². The summed E-state index contributed by atoms with van der Waals surface area (Å²) in [7, 11) is 0. The predicted octanol–water partition coefficient (Wildman–Crippen LogP) is 4.88. The molecule has 0 aromatic heterocycles. The van der Waals surface area contributed by atoms with E-state index in [0.29, 0.717) is 0 Å².